The Morgan fingerprint density at radius 1 is 1.40 bits per heavy atom. The number of fused-ring (bicyclic) bond motifs is 1. The second-order valence-electron chi connectivity index (χ2n) is 3.49. The van der Waals surface area contributed by atoms with E-state index in [1.54, 1.807) is 6.07 Å². The molecule has 1 aromatic rings. The summed E-state index contributed by atoms with van der Waals surface area (Å²) in [6.07, 6.45) is 2.06. The van der Waals surface area contributed by atoms with Crippen LogP contribution in [0.25, 0.3) is 0 Å². The zero-order valence-electron chi connectivity index (χ0n) is 8.57. The van der Waals surface area contributed by atoms with E-state index in [4.69, 9.17) is 27.9 Å². The summed E-state index contributed by atoms with van der Waals surface area (Å²) < 4.78 is 5.56. The highest BCUT2D eigenvalue weighted by atomic mass is 35.5. The van der Waals surface area contributed by atoms with Gasteiger partial charge in [-0.1, -0.05) is 23.2 Å². The minimum atomic E-state index is 0.601. The van der Waals surface area contributed by atoms with Crippen molar-refractivity contribution in [3.8, 4) is 5.75 Å². The van der Waals surface area contributed by atoms with E-state index in [1.807, 2.05) is 6.92 Å². The first-order chi connectivity index (χ1) is 7.24. The number of hydrogen-bond donors (Lipinski definition) is 1. The van der Waals surface area contributed by atoms with Crippen LogP contribution in [0.15, 0.2) is 6.07 Å². The van der Waals surface area contributed by atoms with Crippen molar-refractivity contribution in [2.24, 2.45) is 0 Å². The molecular formula is C11H13Cl2NO. The topological polar surface area (TPSA) is 21.3 Å². The summed E-state index contributed by atoms with van der Waals surface area (Å²) in [7, 11) is 0. The number of anilines is 1. The van der Waals surface area contributed by atoms with Gasteiger partial charge >= 0.3 is 0 Å². The molecule has 1 aliphatic heterocycles. The molecule has 0 atom stereocenters. The molecule has 2 nitrogen and oxygen atoms in total. The summed E-state index contributed by atoms with van der Waals surface area (Å²) in [6, 6.07) is 1.74. The molecule has 0 saturated heterocycles. The summed E-state index contributed by atoms with van der Waals surface area (Å²) in [4.78, 5) is 0. The minimum Gasteiger partial charge on any atom is -0.492 e. The average Bonchev–Trinajstić information content (AvgIpc) is 2.24. The van der Waals surface area contributed by atoms with Crippen molar-refractivity contribution < 1.29 is 4.74 Å². The predicted molar refractivity (Wildman–Crippen MR) is 64.4 cm³/mol. The molecule has 0 aliphatic carbocycles. The van der Waals surface area contributed by atoms with Crippen LogP contribution in [0.2, 0.25) is 10.0 Å². The normalized spacial score (nSPS) is 14.3. The lowest BCUT2D eigenvalue weighted by Crippen LogP contribution is -2.13. The molecule has 82 valence electrons. The van der Waals surface area contributed by atoms with Gasteiger partial charge in [-0.3, -0.25) is 0 Å². The lowest BCUT2D eigenvalue weighted by Gasteiger charge is -2.22. The fourth-order valence-electron chi connectivity index (χ4n) is 1.86. The number of nitrogens with one attached hydrogen (secondary N) is 1. The molecule has 0 spiro atoms. The van der Waals surface area contributed by atoms with Gasteiger partial charge in [0.2, 0.25) is 0 Å². The SMILES string of the molecule is CCOc1c(Cl)cc(Cl)c2c1CCCN2. The maximum atomic E-state index is 6.12. The van der Waals surface area contributed by atoms with Gasteiger partial charge in [0.1, 0.15) is 5.75 Å². The van der Waals surface area contributed by atoms with Gasteiger partial charge < -0.3 is 10.1 Å². The Morgan fingerprint density at radius 2 is 2.20 bits per heavy atom. The maximum Gasteiger partial charge on any atom is 0.143 e. The van der Waals surface area contributed by atoms with E-state index in [9.17, 15) is 0 Å². The summed E-state index contributed by atoms with van der Waals surface area (Å²) >= 11 is 12.2. The molecule has 0 fully saturated rings. The molecule has 1 heterocycles. The molecule has 15 heavy (non-hydrogen) atoms. The van der Waals surface area contributed by atoms with Gasteiger partial charge in [0, 0.05) is 12.1 Å². The molecular weight excluding hydrogens is 233 g/mol. The van der Waals surface area contributed by atoms with Crippen molar-refractivity contribution in [3.63, 3.8) is 0 Å². The standard InChI is InChI=1S/C11H13Cl2NO/c1-2-15-11-7-4-3-5-14-10(7)8(12)6-9(11)13/h6,14H,2-5H2,1H3. The van der Waals surface area contributed by atoms with Crippen LogP contribution >= 0.6 is 23.2 Å². The van der Waals surface area contributed by atoms with E-state index in [0.717, 1.165) is 36.4 Å². The Kier molecular flexibility index (Phi) is 3.27. The fourth-order valence-corrected chi connectivity index (χ4v) is 2.48. The highest BCUT2D eigenvalue weighted by molar-refractivity contribution is 6.37. The van der Waals surface area contributed by atoms with E-state index in [0.29, 0.717) is 16.7 Å². The lowest BCUT2D eigenvalue weighted by atomic mass is 10.0. The van der Waals surface area contributed by atoms with Crippen molar-refractivity contribution in [2.45, 2.75) is 19.8 Å². The Morgan fingerprint density at radius 3 is 2.93 bits per heavy atom. The monoisotopic (exact) mass is 245 g/mol. The van der Waals surface area contributed by atoms with Crippen LogP contribution in [0.5, 0.6) is 5.75 Å². The first-order valence-electron chi connectivity index (χ1n) is 5.11. The highest BCUT2D eigenvalue weighted by Gasteiger charge is 2.19. The molecule has 1 aliphatic rings. The van der Waals surface area contributed by atoms with Crippen LogP contribution in [-0.4, -0.2) is 13.2 Å². The molecule has 0 bridgehead atoms. The van der Waals surface area contributed by atoms with E-state index in [-0.39, 0.29) is 0 Å². The molecule has 4 heteroatoms. The van der Waals surface area contributed by atoms with Crippen LogP contribution in [0.4, 0.5) is 5.69 Å². The molecule has 2 rings (SSSR count). The van der Waals surface area contributed by atoms with Crippen molar-refractivity contribution in [3.05, 3.63) is 21.7 Å². The molecule has 0 radical (unpaired) electrons. The van der Waals surface area contributed by atoms with Crippen molar-refractivity contribution in [1.29, 1.82) is 0 Å². The molecule has 1 N–H and O–H groups in total. The van der Waals surface area contributed by atoms with E-state index in [2.05, 4.69) is 5.32 Å². The zero-order chi connectivity index (χ0) is 10.8. The first-order valence-corrected chi connectivity index (χ1v) is 5.87. The van der Waals surface area contributed by atoms with Crippen LogP contribution in [0.1, 0.15) is 18.9 Å². The molecule has 0 aromatic heterocycles. The molecule has 1 aromatic carbocycles. The van der Waals surface area contributed by atoms with Gasteiger partial charge in [-0.05, 0) is 25.8 Å². The van der Waals surface area contributed by atoms with Gasteiger partial charge in [0.25, 0.3) is 0 Å². The number of halogens is 2. The molecule has 0 unspecified atom stereocenters. The summed E-state index contributed by atoms with van der Waals surface area (Å²) in [5, 5.41) is 4.57. The van der Waals surface area contributed by atoms with E-state index in [1.165, 1.54) is 0 Å². The molecule has 0 saturated carbocycles. The largest absolute Gasteiger partial charge is 0.492 e. The van der Waals surface area contributed by atoms with Gasteiger partial charge in [-0.2, -0.15) is 0 Å². The number of benzene rings is 1. The Hall–Kier alpha value is -0.600. The van der Waals surface area contributed by atoms with E-state index >= 15 is 0 Å². The zero-order valence-corrected chi connectivity index (χ0v) is 10.1. The van der Waals surface area contributed by atoms with Crippen molar-refractivity contribution in [1.82, 2.24) is 0 Å². The maximum absolute atomic E-state index is 6.12. The average molecular weight is 246 g/mol. The lowest BCUT2D eigenvalue weighted by molar-refractivity contribution is 0.336. The third-order valence-electron chi connectivity index (χ3n) is 2.48. The van der Waals surface area contributed by atoms with Crippen LogP contribution < -0.4 is 10.1 Å². The van der Waals surface area contributed by atoms with Gasteiger partial charge in [-0.15, -0.1) is 0 Å². The fraction of sp³-hybridized carbons (Fsp3) is 0.455. The summed E-state index contributed by atoms with van der Waals surface area (Å²) in [5.41, 5.74) is 2.09. The third kappa shape index (κ3) is 2.01. The van der Waals surface area contributed by atoms with Gasteiger partial charge in [0.05, 0.1) is 22.3 Å². The summed E-state index contributed by atoms with van der Waals surface area (Å²) in [5.74, 6) is 0.783. The van der Waals surface area contributed by atoms with Gasteiger partial charge in [0.15, 0.2) is 0 Å². The Balaban J connectivity index is 2.53. The Labute approximate surface area is 99.5 Å². The second-order valence-corrected chi connectivity index (χ2v) is 4.30. The van der Waals surface area contributed by atoms with Crippen molar-refractivity contribution >= 4 is 28.9 Å². The third-order valence-corrected chi connectivity index (χ3v) is 3.06. The van der Waals surface area contributed by atoms with E-state index < -0.39 is 0 Å². The number of rotatable bonds is 2. The number of hydrogen-bond acceptors (Lipinski definition) is 2. The quantitative estimate of drug-likeness (QED) is 0.857. The first kappa shape index (κ1) is 10.9. The Bertz CT molecular complexity index is 379. The second kappa shape index (κ2) is 4.50. The predicted octanol–water partition coefficient (Wildman–Crippen LogP) is 3.75. The highest BCUT2D eigenvalue weighted by Crippen LogP contribution is 2.41. The number of ether oxygens (including phenoxy) is 1. The van der Waals surface area contributed by atoms with Crippen LogP contribution in [0.3, 0.4) is 0 Å². The van der Waals surface area contributed by atoms with Gasteiger partial charge in [-0.25, -0.2) is 0 Å². The minimum absolute atomic E-state index is 0.601. The van der Waals surface area contributed by atoms with Crippen LogP contribution in [-0.2, 0) is 6.42 Å². The molecule has 0 amide bonds. The smallest absolute Gasteiger partial charge is 0.143 e. The summed E-state index contributed by atoms with van der Waals surface area (Å²) in [6.45, 7) is 3.53. The van der Waals surface area contributed by atoms with Crippen molar-refractivity contribution in [2.75, 3.05) is 18.5 Å². The van der Waals surface area contributed by atoms with Crippen LogP contribution in [0, 0.1) is 0 Å².